The maximum atomic E-state index is 3.54. The van der Waals surface area contributed by atoms with Crippen molar-refractivity contribution in [2.75, 3.05) is 7.05 Å². The minimum absolute atomic E-state index is 0.913. The molecule has 0 saturated heterocycles. The van der Waals surface area contributed by atoms with Gasteiger partial charge in [-0.25, -0.2) is 0 Å². The van der Waals surface area contributed by atoms with Gasteiger partial charge in [0.25, 0.3) is 0 Å². The molecule has 0 saturated carbocycles. The molecule has 0 atom stereocenters. The molecular formula is C14H20N2. The molecule has 0 unspecified atom stereocenters. The van der Waals surface area contributed by atoms with Crippen LogP contribution in [0.4, 0.5) is 0 Å². The van der Waals surface area contributed by atoms with Crippen molar-refractivity contribution in [1.29, 1.82) is 0 Å². The van der Waals surface area contributed by atoms with E-state index in [1.165, 1.54) is 33.3 Å². The van der Waals surface area contributed by atoms with E-state index in [1.807, 2.05) is 7.05 Å². The lowest BCUT2D eigenvalue weighted by atomic mass is 10.0. The minimum Gasteiger partial charge on any atom is -0.357 e. The molecule has 0 amide bonds. The standard InChI is InChI=1S/C14H20N2/c1-5-11-13(8-15-4)16-12-7-9(2)6-10(3)14(11)12/h6-7,15-16H,5,8H2,1-4H3. The second-order valence-corrected chi connectivity index (χ2v) is 4.47. The zero-order valence-electron chi connectivity index (χ0n) is 10.6. The fourth-order valence-electron chi connectivity index (χ4n) is 2.57. The van der Waals surface area contributed by atoms with Gasteiger partial charge in [-0.3, -0.25) is 0 Å². The Morgan fingerprint density at radius 1 is 1.25 bits per heavy atom. The normalized spacial score (nSPS) is 11.2. The van der Waals surface area contributed by atoms with Crippen molar-refractivity contribution in [1.82, 2.24) is 10.3 Å². The van der Waals surface area contributed by atoms with Gasteiger partial charge in [0, 0.05) is 23.1 Å². The lowest BCUT2D eigenvalue weighted by molar-refractivity contribution is 0.788. The highest BCUT2D eigenvalue weighted by atomic mass is 14.9. The molecule has 0 aliphatic rings. The van der Waals surface area contributed by atoms with E-state index in [9.17, 15) is 0 Å². The molecule has 0 aliphatic carbocycles. The van der Waals surface area contributed by atoms with Crippen LogP contribution in [0.25, 0.3) is 10.9 Å². The van der Waals surface area contributed by atoms with Crippen LogP contribution in [-0.2, 0) is 13.0 Å². The maximum Gasteiger partial charge on any atom is 0.0464 e. The third-order valence-electron chi connectivity index (χ3n) is 3.14. The summed E-state index contributed by atoms with van der Waals surface area (Å²) in [6.07, 6.45) is 1.08. The molecule has 2 heteroatoms. The average Bonchev–Trinajstić information content (AvgIpc) is 2.56. The molecule has 0 aliphatic heterocycles. The van der Waals surface area contributed by atoms with Crippen molar-refractivity contribution in [2.24, 2.45) is 0 Å². The molecule has 2 nitrogen and oxygen atoms in total. The van der Waals surface area contributed by atoms with E-state index in [0.717, 1.165) is 13.0 Å². The van der Waals surface area contributed by atoms with Gasteiger partial charge in [-0.1, -0.05) is 13.0 Å². The molecule has 2 N–H and O–H groups in total. The molecule has 16 heavy (non-hydrogen) atoms. The monoisotopic (exact) mass is 216 g/mol. The zero-order chi connectivity index (χ0) is 11.7. The average molecular weight is 216 g/mol. The molecule has 0 radical (unpaired) electrons. The van der Waals surface area contributed by atoms with Crippen LogP contribution in [0.15, 0.2) is 12.1 Å². The Hall–Kier alpha value is -1.28. The van der Waals surface area contributed by atoms with Gasteiger partial charge >= 0.3 is 0 Å². The van der Waals surface area contributed by atoms with E-state index in [-0.39, 0.29) is 0 Å². The number of aryl methyl sites for hydroxylation is 3. The molecule has 1 heterocycles. The second kappa shape index (κ2) is 4.30. The Balaban J connectivity index is 2.71. The van der Waals surface area contributed by atoms with Crippen LogP contribution in [0, 0.1) is 13.8 Å². The van der Waals surface area contributed by atoms with Gasteiger partial charge < -0.3 is 10.3 Å². The van der Waals surface area contributed by atoms with E-state index in [4.69, 9.17) is 0 Å². The Kier molecular flexibility index (Phi) is 3.01. The number of rotatable bonds is 3. The van der Waals surface area contributed by atoms with Gasteiger partial charge in [0.2, 0.25) is 0 Å². The SMILES string of the molecule is CCc1c(CNC)[nH]c2cc(C)cc(C)c12. The van der Waals surface area contributed by atoms with E-state index < -0.39 is 0 Å². The third-order valence-corrected chi connectivity index (χ3v) is 3.14. The van der Waals surface area contributed by atoms with Crippen LogP contribution in [0.3, 0.4) is 0 Å². The maximum absolute atomic E-state index is 3.54. The third kappa shape index (κ3) is 1.74. The first kappa shape index (κ1) is 11.2. The van der Waals surface area contributed by atoms with Gasteiger partial charge in [-0.05, 0) is 50.1 Å². The van der Waals surface area contributed by atoms with Crippen molar-refractivity contribution in [3.63, 3.8) is 0 Å². The summed E-state index contributed by atoms with van der Waals surface area (Å²) in [4.78, 5) is 3.54. The molecular weight excluding hydrogens is 196 g/mol. The Morgan fingerprint density at radius 2 is 2.00 bits per heavy atom. The smallest absolute Gasteiger partial charge is 0.0464 e. The summed E-state index contributed by atoms with van der Waals surface area (Å²) in [7, 11) is 1.99. The molecule has 0 fully saturated rings. The van der Waals surface area contributed by atoms with Gasteiger partial charge in [-0.2, -0.15) is 0 Å². The predicted molar refractivity (Wildman–Crippen MR) is 69.9 cm³/mol. The summed E-state index contributed by atoms with van der Waals surface area (Å²) in [6, 6.07) is 4.50. The van der Waals surface area contributed by atoms with E-state index >= 15 is 0 Å². The van der Waals surface area contributed by atoms with Gasteiger partial charge in [0.05, 0.1) is 0 Å². The van der Waals surface area contributed by atoms with Gasteiger partial charge in [-0.15, -0.1) is 0 Å². The fourth-order valence-corrected chi connectivity index (χ4v) is 2.57. The number of hydrogen-bond acceptors (Lipinski definition) is 1. The molecule has 1 aromatic heterocycles. The van der Waals surface area contributed by atoms with Crippen LogP contribution < -0.4 is 5.32 Å². The highest BCUT2D eigenvalue weighted by molar-refractivity contribution is 5.88. The summed E-state index contributed by atoms with van der Waals surface area (Å²) in [5, 5.41) is 4.64. The molecule has 2 aromatic rings. The Morgan fingerprint density at radius 3 is 2.62 bits per heavy atom. The van der Waals surface area contributed by atoms with Crippen LogP contribution >= 0.6 is 0 Å². The quantitative estimate of drug-likeness (QED) is 0.811. The van der Waals surface area contributed by atoms with Crippen molar-refractivity contribution in [3.8, 4) is 0 Å². The van der Waals surface area contributed by atoms with Crippen molar-refractivity contribution >= 4 is 10.9 Å². The van der Waals surface area contributed by atoms with Crippen molar-refractivity contribution < 1.29 is 0 Å². The Labute approximate surface area is 97.1 Å². The van der Waals surface area contributed by atoms with Crippen LogP contribution in [-0.4, -0.2) is 12.0 Å². The molecule has 0 spiro atoms. The lowest BCUT2D eigenvalue weighted by Gasteiger charge is -2.03. The van der Waals surface area contributed by atoms with Crippen molar-refractivity contribution in [2.45, 2.75) is 33.7 Å². The topological polar surface area (TPSA) is 27.8 Å². The first-order valence-corrected chi connectivity index (χ1v) is 5.92. The number of fused-ring (bicyclic) bond motifs is 1. The summed E-state index contributed by atoms with van der Waals surface area (Å²) in [5.74, 6) is 0. The molecule has 2 rings (SSSR count). The predicted octanol–water partition coefficient (Wildman–Crippen LogP) is 3.07. The van der Waals surface area contributed by atoms with Gasteiger partial charge in [0.1, 0.15) is 0 Å². The van der Waals surface area contributed by atoms with Gasteiger partial charge in [0.15, 0.2) is 0 Å². The highest BCUT2D eigenvalue weighted by Crippen LogP contribution is 2.27. The molecule has 1 aromatic carbocycles. The van der Waals surface area contributed by atoms with E-state index in [0.29, 0.717) is 0 Å². The van der Waals surface area contributed by atoms with Crippen LogP contribution in [0.2, 0.25) is 0 Å². The number of aromatic amines is 1. The zero-order valence-corrected chi connectivity index (χ0v) is 10.6. The fraction of sp³-hybridized carbons (Fsp3) is 0.429. The second-order valence-electron chi connectivity index (χ2n) is 4.47. The lowest BCUT2D eigenvalue weighted by Crippen LogP contribution is -2.07. The largest absolute Gasteiger partial charge is 0.357 e. The number of benzene rings is 1. The first-order chi connectivity index (χ1) is 7.67. The van der Waals surface area contributed by atoms with E-state index in [1.54, 1.807) is 0 Å². The summed E-state index contributed by atoms with van der Waals surface area (Å²) >= 11 is 0. The molecule has 86 valence electrons. The van der Waals surface area contributed by atoms with Crippen LogP contribution in [0.1, 0.15) is 29.3 Å². The van der Waals surface area contributed by atoms with E-state index in [2.05, 4.69) is 43.2 Å². The van der Waals surface area contributed by atoms with Crippen molar-refractivity contribution in [3.05, 3.63) is 34.5 Å². The summed E-state index contributed by atoms with van der Waals surface area (Å²) in [6.45, 7) is 7.49. The number of H-pyrrole nitrogens is 1. The number of hydrogen-bond donors (Lipinski definition) is 2. The summed E-state index contributed by atoms with van der Waals surface area (Å²) < 4.78 is 0. The highest BCUT2D eigenvalue weighted by Gasteiger charge is 2.11. The van der Waals surface area contributed by atoms with Crippen LogP contribution in [0.5, 0.6) is 0 Å². The molecule has 0 bridgehead atoms. The number of aromatic nitrogens is 1. The summed E-state index contributed by atoms with van der Waals surface area (Å²) in [5.41, 5.74) is 6.77. The minimum atomic E-state index is 0.913. The first-order valence-electron chi connectivity index (χ1n) is 5.92. The number of nitrogens with one attached hydrogen (secondary N) is 2. The Bertz CT molecular complexity index is 509.